The van der Waals surface area contributed by atoms with Crippen LogP contribution in [0.2, 0.25) is 0 Å². The molecular formula is C25H18ClF4N2. The Bertz CT molecular complexity index is 1400. The van der Waals surface area contributed by atoms with Gasteiger partial charge in [0.2, 0.25) is 0 Å². The number of alkyl halides is 3. The maximum Gasteiger partial charge on any atom is 0.416 e. The Morgan fingerprint density at radius 3 is 2.31 bits per heavy atom. The number of halogens is 5. The molecule has 5 aromatic rings. The second kappa shape index (κ2) is 8.02. The minimum atomic E-state index is -4.41. The zero-order valence-electron chi connectivity index (χ0n) is 16.9. The Morgan fingerprint density at radius 1 is 0.875 bits per heavy atom. The van der Waals surface area contributed by atoms with E-state index in [1.165, 1.54) is 24.3 Å². The maximum atomic E-state index is 13.7. The van der Waals surface area contributed by atoms with Gasteiger partial charge in [-0.3, -0.25) is 0 Å². The number of benzene rings is 3. The molecule has 163 valence electrons. The largest absolute Gasteiger partial charge is 0.416 e. The van der Waals surface area contributed by atoms with E-state index in [1.54, 1.807) is 12.3 Å². The molecule has 2 heterocycles. The third-order valence-corrected chi connectivity index (χ3v) is 5.58. The Kier molecular flexibility index (Phi) is 5.51. The number of hydrogen-bond acceptors (Lipinski definition) is 0. The molecule has 0 aliphatic carbocycles. The van der Waals surface area contributed by atoms with Crippen molar-refractivity contribution in [1.82, 2.24) is 9.55 Å². The molecule has 2 nitrogen and oxygen atoms in total. The van der Waals surface area contributed by atoms with Crippen LogP contribution >= 0.6 is 12.4 Å². The van der Waals surface area contributed by atoms with Gasteiger partial charge in [0.25, 0.3) is 0 Å². The summed E-state index contributed by atoms with van der Waals surface area (Å²) in [7, 11) is 1.93. The minimum Gasteiger partial charge on any atom is -0.361 e. The number of nitrogens with zero attached hydrogens (tertiary/aromatic N) is 1. The van der Waals surface area contributed by atoms with E-state index in [9.17, 15) is 17.6 Å². The van der Waals surface area contributed by atoms with Gasteiger partial charge in [0.05, 0.1) is 11.5 Å². The summed E-state index contributed by atoms with van der Waals surface area (Å²) in [5.74, 6) is 0.422. The van der Waals surface area contributed by atoms with E-state index in [0.29, 0.717) is 11.1 Å². The van der Waals surface area contributed by atoms with Crippen LogP contribution in [0, 0.1) is 11.7 Å². The Hall–Kier alpha value is -3.25. The molecule has 0 unspecified atom stereocenters. The molecule has 0 bridgehead atoms. The third-order valence-electron chi connectivity index (χ3n) is 5.58. The SMILES string of the molecule is Cl.Cn1cc([C](c2ccc(C(F)(F)F)cc2)c2c[nH]c3cc(F)ccc23)c2ccccc21. The molecule has 0 aliphatic rings. The standard InChI is InChI=1S/C25H17F4N2.ClH/c1-31-14-21(19-4-2-3-5-23(19)31)24(15-6-8-16(9-7-15)25(27,28)29)20-13-30-22-12-17(26)10-11-18(20)22;/h2-14,30H,1H3;1H. The molecule has 0 aliphatic heterocycles. The number of nitrogens with one attached hydrogen (secondary N) is 1. The van der Waals surface area contributed by atoms with Gasteiger partial charge in [-0.15, -0.1) is 12.4 Å². The molecule has 3 aromatic carbocycles. The summed E-state index contributed by atoms with van der Waals surface area (Å²) in [5.41, 5.74) is 3.27. The summed E-state index contributed by atoms with van der Waals surface area (Å²) >= 11 is 0. The molecule has 32 heavy (non-hydrogen) atoms. The van der Waals surface area contributed by atoms with Gasteiger partial charge in [0, 0.05) is 41.2 Å². The number of aromatic amines is 1. The second-order valence-electron chi connectivity index (χ2n) is 7.51. The Labute approximate surface area is 187 Å². The highest BCUT2D eigenvalue weighted by molar-refractivity contribution is 5.93. The van der Waals surface area contributed by atoms with E-state index in [0.717, 1.165) is 45.5 Å². The fourth-order valence-electron chi connectivity index (χ4n) is 4.13. The van der Waals surface area contributed by atoms with Crippen LogP contribution in [0.1, 0.15) is 22.3 Å². The van der Waals surface area contributed by atoms with Crippen molar-refractivity contribution >= 4 is 34.2 Å². The molecule has 0 saturated carbocycles. The van der Waals surface area contributed by atoms with E-state index in [-0.39, 0.29) is 18.2 Å². The number of rotatable bonds is 3. The van der Waals surface area contributed by atoms with Crippen molar-refractivity contribution in [3.8, 4) is 0 Å². The molecule has 0 amide bonds. The average Bonchev–Trinajstić information content (AvgIpc) is 3.30. The highest BCUT2D eigenvalue weighted by atomic mass is 35.5. The quantitative estimate of drug-likeness (QED) is 0.275. The van der Waals surface area contributed by atoms with Crippen molar-refractivity contribution in [2.45, 2.75) is 6.18 Å². The zero-order chi connectivity index (χ0) is 21.8. The van der Waals surface area contributed by atoms with E-state index in [1.807, 2.05) is 42.1 Å². The van der Waals surface area contributed by atoms with Crippen molar-refractivity contribution in [1.29, 1.82) is 0 Å². The van der Waals surface area contributed by atoms with Crippen LogP contribution < -0.4 is 0 Å². The Balaban J connectivity index is 0.00000245. The molecule has 2 aromatic heterocycles. The van der Waals surface area contributed by atoms with Gasteiger partial charge in [0.15, 0.2) is 0 Å². The van der Waals surface area contributed by atoms with Crippen LogP contribution in [-0.4, -0.2) is 9.55 Å². The first-order chi connectivity index (χ1) is 14.8. The molecule has 7 heteroatoms. The van der Waals surface area contributed by atoms with E-state index in [2.05, 4.69) is 4.98 Å². The summed E-state index contributed by atoms with van der Waals surface area (Å²) in [6, 6.07) is 17.5. The molecule has 0 fully saturated rings. The predicted molar refractivity (Wildman–Crippen MR) is 120 cm³/mol. The van der Waals surface area contributed by atoms with Crippen LogP contribution in [0.3, 0.4) is 0 Å². The van der Waals surface area contributed by atoms with Crippen LogP contribution in [0.15, 0.2) is 79.1 Å². The van der Waals surface area contributed by atoms with Gasteiger partial charge in [0.1, 0.15) is 5.82 Å². The summed E-state index contributed by atoms with van der Waals surface area (Å²) in [4.78, 5) is 3.09. The van der Waals surface area contributed by atoms with Gasteiger partial charge < -0.3 is 9.55 Å². The van der Waals surface area contributed by atoms with Crippen molar-refractivity contribution < 1.29 is 17.6 Å². The van der Waals surface area contributed by atoms with Crippen molar-refractivity contribution in [3.05, 3.63) is 113 Å². The fraction of sp³-hybridized carbons (Fsp3) is 0.0800. The van der Waals surface area contributed by atoms with Gasteiger partial charge in [-0.05, 0) is 53.1 Å². The normalized spacial score (nSPS) is 11.9. The van der Waals surface area contributed by atoms with Gasteiger partial charge in [-0.1, -0.05) is 30.3 Å². The number of H-pyrrole nitrogens is 1. The lowest BCUT2D eigenvalue weighted by Crippen LogP contribution is -2.07. The summed E-state index contributed by atoms with van der Waals surface area (Å²) in [6.45, 7) is 0. The van der Waals surface area contributed by atoms with Gasteiger partial charge >= 0.3 is 6.18 Å². The lowest BCUT2D eigenvalue weighted by atomic mass is 9.84. The van der Waals surface area contributed by atoms with Crippen LogP contribution in [-0.2, 0) is 13.2 Å². The number of fused-ring (bicyclic) bond motifs is 2. The highest BCUT2D eigenvalue weighted by Gasteiger charge is 2.31. The van der Waals surface area contributed by atoms with E-state index >= 15 is 0 Å². The number of aromatic nitrogens is 2. The van der Waals surface area contributed by atoms with E-state index < -0.39 is 11.7 Å². The first-order valence-electron chi connectivity index (χ1n) is 9.69. The van der Waals surface area contributed by atoms with Crippen molar-refractivity contribution in [2.24, 2.45) is 7.05 Å². The zero-order valence-corrected chi connectivity index (χ0v) is 17.7. The smallest absolute Gasteiger partial charge is 0.361 e. The third kappa shape index (κ3) is 3.65. The van der Waals surface area contributed by atoms with Crippen LogP contribution in [0.4, 0.5) is 17.6 Å². The Morgan fingerprint density at radius 2 is 1.59 bits per heavy atom. The molecule has 0 atom stereocenters. The second-order valence-corrected chi connectivity index (χ2v) is 7.51. The van der Waals surface area contributed by atoms with Crippen molar-refractivity contribution in [3.63, 3.8) is 0 Å². The first-order valence-corrected chi connectivity index (χ1v) is 9.69. The van der Waals surface area contributed by atoms with Gasteiger partial charge in [-0.2, -0.15) is 13.2 Å². The van der Waals surface area contributed by atoms with Gasteiger partial charge in [-0.25, -0.2) is 4.39 Å². The molecule has 0 spiro atoms. The van der Waals surface area contributed by atoms with Crippen LogP contribution in [0.25, 0.3) is 21.8 Å². The number of aryl methyl sites for hydroxylation is 1. The maximum absolute atomic E-state index is 13.7. The summed E-state index contributed by atoms with van der Waals surface area (Å²) < 4.78 is 55.1. The summed E-state index contributed by atoms with van der Waals surface area (Å²) in [6.07, 6.45) is -0.657. The number of hydrogen-bond donors (Lipinski definition) is 1. The monoisotopic (exact) mass is 457 g/mol. The minimum absolute atomic E-state index is 0. The van der Waals surface area contributed by atoms with Crippen molar-refractivity contribution in [2.75, 3.05) is 0 Å². The average molecular weight is 458 g/mol. The predicted octanol–water partition coefficient (Wildman–Crippen LogP) is 7.26. The van der Waals surface area contributed by atoms with E-state index in [4.69, 9.17) is 0 Å². The molecule has 1 N–H and O–H groups in total. The topological polar surface area (TPSA) is 20.7 Å². The lowest BCUT2D eigenvalue weighted by molar-refractivity contribution is -0.137. The number of para-hydroxylation sites is 1. The molecule has 0 saturated heterocycles. The molecule has 5 rings (SSSR count). The first kappa shape index (κ1) is 22.0. The van der Waals surface area contributed by atoms with Crippen LogP contribution in [0.5, 0.6) is 0 Å². The fourth-order valence-corrected chi connectivity index (χ4v) is 4.13. The molecule has 1 radical (unpaired) electrons. The lowest BCUT2D eigenvalue weighted by Gasteiger charge is -2.17. The summed E-state index contributed by atoms with van der Waals surface area (Å²) in [5, 5.41) is 1.78. The molecular weight excluding hydrogens is 440 g/mol. The highest BCUT2D eigenvalue weighted by Crippen LogP contribution is 2.40.